The summed E-state index contributed by atoms with van der Waals surface area (Å²) in [5.41, 5.74) is 0.285. The van der Waals surface area contributed by atoms with Gasteiger partial charge in [-0.1, -0.05) is 20.9 Å². The predicted octanol–water partition coefficient (Wildman–Crippen LogP) is 1.71. The van der Waals surface area contributed by atoms with Crippen LogP contribution < -0.4 is 0 Å². The van der Waals surface area contributed by atoms with E-state index in [-0.39, 0.29) is 5.56 Å². The normalized spacial score (nSPS) is 9.57. The fourth-order valence-corrected chi connectivity index (χ4v) is 1.12. The van der Waals surface area contributed by atoms with Crippen LogP contribution in [0.15, 0.2) is 28.7 Å². The molecular weight excluding hydrogens is 252 g/mol. The summed E-state index contributed by atoms with van der Waals surface area (Å²) in [6.45, 7) is 0. The first-order valence-corrected chi connectivity index (χ1v) is 4.49. The molecule has 0 fully saturated rings. The molecule has 0 aliphatic heterocycles. The van der Waals surface area contributed by atoms with Crippen LogP contribution in [0.2, 0.25) is 0 Å². The van der Waals surface area contributed by atoms with Gasteiger partial charge in [0.15, 0.2) is 5.03 Å². The van der Waals surface area contributed by atoms with Crippen LogP contribution in [0.1, 0.15) is 10.4 Å². The van der Waals surface area contributed by atoms with Gasteiger partial charge in [0, 0.05) is 10.0 Å². The molecule has 0 saturated heterocycles. The minimum atomic E-state index is -0.760. The lowest BCUT2D eigenvalue weighted by atomic mass is 10.2. The highest BCUT2D eigenvalue weighted by Crippen LogP contribution is 2.11. The Morgan fingerprint density at radius 2 is 1.93 bits per heavy atom. The van der Waals surface area contributed by atoms with Crippen LogP contribution >= 0.6 is 15.9 Å². The average Bonchev–Trinajstić information content (AvgIpc) is 2.16. The second kappa shape index (κ2) is 4.19. The predicted molar refractivity (Wildman–Crippen MR) is 53.2 cm³/mol. The Kier molecular flexibility index (Phi) is 3.19. The zero-order chi connectivity index (χ0) is 10.7. The lowest BCUT2D eigenvalue weighted by Crippen LogP contribution is -2.32. The van der Waals surface area contributed by atoms with Crippen molar-refractivity contribution in [3.63, 3.8) is 0 Å². The van der Waals surface area contributed by atoms with Crippen LogP contribution in [0.5, 0.6) is 0 Å². The molecule has 0 bridgehead atoms. The first-order chi connectivity index (χ1) is 6.52. The molecule has 14 heavy (non-hydrogen) atoms. The van der Waals surface area contributed by atoms with E-state index >= 15 is 0 Å². The highest BCUT2D eigenvalue weighted by atomic mass is 79.9. The first-order valence-electron chi connectivity index (χ1n) is 3.70. The fourth-order valence-electron chi connectivity index (χ4n) is 0.853. The van der Waals surface area contributed by atoms with E-state index in [1.807, 2.05) is 0 Å². The first kappa shape index (κ1) is 10.6. The van der Waals surface area contributed by atoms with E-state index in [1.54, 1.807) is 12.1 Å². The second-order valence-corrected chi connectivity index (χ2v) is 3.49. The van der Waals surface area contributed by atoms with Crippen LogP contribution in [0.25, 0.3) is 0 Å². The molecule has 0 heterocycles. The minimum Gasteiger partial charge on any atom is -0.263 e. The van der Waals surface area contributed by atoms with Gasteiger partial charge in [-0.15, -0.1) is 0 Å². The Hall–Kier alpha value is -1.43. The second-order valence-electron chi connectivity index (χ2n) is 2.57. The maximum atomic E-state index is 11.4. The molecule has 0 atom stereocenters. The monoisotopic (exact) mass is 258 g/mol. The molecule has 5 nitrogen and oxygen atoms in total. The molecule has 0 aromatic heterocycles. The van der Waals surface area contributed by atoms with E-state index in [2.05, 4.69) is 15.9 Å². The van der Waals surface area contributed by atoms with Crippen molar-refractivity contribution in [2.75, 3.05) is 7.05 Å². The Morgan fingerprint density at radius 3 is 2.36 bits per heavy atom. The Bertz CT molecular complexity index is 363. The number of carbonyl (C=O) groups is 1. The number of rotatable bonds is 2. The Labute approximate surface area is 88.6 Å². The number of nitro groups is 1. The third-order valence-corrected chi connectivity index (χ3v) is 2.16. The number of benzene rings is 1. The van der Waals surface area contributed by atoms with Crippen LogP contribution in [0.3, 0.4) is 0 Å². The summed E-state index contributed by atoms with van der Waals surface area (Å²) in [6, 6.07) is 6.35. The van der Waals surface area contributed by atoms with E-state index in [0.29, 0.717) is 5.01 Å². The zero-order valence-corrected chi connectivity index (χ0v) is 8.89. The van der Waals surface area contributed by atoms with Crippen molar-refractivity contribution in [3.8, 4) is 0 Å². The summed E-state index contributed by atoms with van der Waals surface area (Å²) in [5.74, 6) is -0.637. The van der Waals surface area contributed by atoms with E-state index < -0.39 is 10.9 Å². The van der Waals surface area contributed by atoms with Crippen LogP contribution in [-0.4, -0.2) is 23.0 Å². The number of hydrogen-bond acceptors (Lipinski definition) is 3. The van der Waals surface area contributed by atoms with Crippen molar-refractivity contribution < 1.29 is 9.83 Å². The SMILES string of the molecule is CN(C(=O)c1ccc(Br)cc1)[N+](=O)[O-]. The van der Waals surface area contributed by atoms with E-state index in [1.165, 1.54) is 12.1 Å². The van der Waals surface area contributed by atoms with Crippen LogP contribution in [0.4, 0.5) is 0 Å². The highest BCUT2D eigenvalue weighted by molar-refractivity contribution is 9.10. The molecule has 0 aliphatic carbocycles. The van der Waals surface area contributed by atoms with Gasteiger partial charge in [0.25, 0.3) is 0 Å². The van der Waals surface area contributed by atoms with Gasteiger partial charge in [0.05, 0.1) is 7.05 Å². The third kappa shape index (κ3) is 2.29. The van der Waals surface area contributed by atoms with E-state index in [9.17, 15) is 14.9 Å². The van der Waals surface area contributed by atoms with Crippen molar-refractivity contribution in [1.29, 1.82) is 0 Å². The summed E-state index contributed by atoms with van der Waals surface area (Å²) >= 11 is 3.20. The third-order valence-electron chi connectivity index (χ3n) is 1.63. The molecule has 1 amide bonds. The lowest BCUT2D eigenvalue weighted by molar-refractivity contribution is -0.625. The molecular formula is C8H7BrN2O3. The number of carbonyl (C=O) groups excluding carboxylic acids is 1. The van der Waals surface area contributed by atoms with Crippen molar-refractivity contribution in [3.05, 3.63) is 44.4 Å². The molecule has 0 N–H and O–H groups in total. The number of hydrogen-bond donors (Lipinski definition) is 0. The number of amides is 1. The molecule has 0 unspecified atom stereocenters. The molecule has 1 aromatic rings. The molecule has 0 spiro atoms. The standard InChI is InChI=1S/C8H7BrN2O3/c1-10(11(13)14)8(12)6-2-4-7(9)5-3-6/h2-5H,1H3. The molecule has 6 heteroatoms. The van der Waals surface area contributed by atoms with Gasteiger partial charge < -0.3 is 0 Å². The van der Waals surface area contributed by atoms with Crippen molar-refractivity contribution in [2.45, 2.75) is 0 Å². The summed E-state index contributed by atoms with van der Waals surface area (Å²) in [6.07, 6.45) is 0. The molecule has 1 aromatic carbocycles. The van der Waals surface area contributed by atoms with Gasteiger partial charge >= 0.3 is 5.91 Å². The number of halogens is 1. The summed E-state index contributed by atoms with van der Waals surface area (Å²) in [5, 5.41) is 9.97. The Balaban J connectivity index is 2.90. The maximum Gasteiger partial charge on any atom is 0.313 e. The maximum absolute atomic E-state index is 11.4. The van der Waals surface area contributed by atoms with Gasteiger partial charge in [-0.3, -0.25) is 4.79 Å². The molecule has 0 aliphatic rings. The minimum absolute atomic E-state index is 0.285. The highest BCUT2D eigenvalue weighted by Gasteiger charge is 2.19. The number of hydrazine groups is 1. The van der Waals surface area contributed by atoms with Gasteiger partial charge in [0.1, 0.15) is 0 Å². The summed E-state index contributed by atoms with van der Waals surface area (Å²) < 4.78 is 0.817. The molecule has 0 radical (unpaired) electrons. The van der Waals surface area contributed by atoms with Crippen molar-refractivity contribution in [2.24, 2.45) is 0 Å². The van der Waals surface area contributed by atoms with Crippen LogP contribution in [-0.2, 0) is 0 Å². The molecule has 1 rings (SSSR count). The topological polar surface area (TPSA) is 63.5 Å². The summed E-state index contributed by atoms with van der Waals surface area (Å²) in [4.78, 5) is 21.6. The van der Waals surface area contributed by atoms with E-state index in [4.69, 9.17) is 0 Å². The largest absolute Gasteiger partial charge is 0.313 e. The lowest BCUT2D eigenvalue weighted by Gasteiger charge is -2.05. The number of nitrogens with zero attached hydrogens (tertiary/aromatic N) is 2. The molecule has 0 saturated carbocycles. The van der Waals surface area contributed by atoms with Crippen molar-refractivity contribution in [1.82, 2.24) is 5.01 Å². The van der Waals surface area contributed by atoms with Gasteiger partial charge in [-0.2, -0.15) is 0 Å². The van der Waals surface area contributed by atoms with Gasteiger partial charge in [-0.05, 0) is 24.3 Å². The fraction of sp³-hybridized carbons (Fsp3) is 0.125. The Morgan fingerprint density at radius 1 is 1.43 bits per heavy atom. The van der Waals surface area contributed by atoms with E-state index in [0.717, 1.165) is 11.5 Å². The zero-order valence-electron chi connectivity index (χ0n) is 7.31. The molecule has 74 valence electrons. The van der Waals surface area contributed by atoms with Crippen LogP contribution in [0, 0.1) is 10.1 Å². The van der Waals surface area contributed by atoms with Gasteiger partial charge in [0.2, 0.25) is 0 Å². The smallest absolute Gasteiger partial charge is 0.263 e. The summed E-state index contributed by atoms with van der Waals surface area (Å²) in [7, 11) is 1.12. The quantitative estimate of drug-likeness (QED) is 0.600. The average molecular weight is 259 g/mol. The van der Waals surface area contributed by atoms with Gasteiger partial charge in [-0.25, -0.2) is 10.1 Å². The van der Waals surface area contributed by atoms with Crippen molar-refractivity contribution >= 4 is 21.8 Å².